The fraction of sp³-hybridized carbons (Fsp3) is 0.0909. The lowest BCUT2D eigenvalue weighted by Crippen LogP contribution is -2.22. The molecule has 1 unspecified atom stereocenters. The largest absolute Gasteiger partial charge is 0.324 e. The van der Waals surface area contributed by atoms with Gasteiger partial charge in [-0.1, -0.05) is 30.3 Å². The lowest BCUT2D eigenvalue weighted by atomic mass is 10.3. The van der Waals surface area contributed by atoms with Crippen molar-refractivity contribution in [2.24, 2.45) is 0 Å². The molecule has 0 fully saturated rings. The van der Waals surface area contributed by atoms with Gasteiger partial charge in [0.25, 0.3) is 0 Å². The van der Waals surface area contributed by atoms with Gasteiger partial charge in [-0.25, -0.2) is 4.79 Å². The fourth-order valence-electron chi connectivity index (χ4n) is 2.49. The molecule has 3 N–H and O–H groups in total. The maximum Gasteiger partial charge on any atom is 0.323 e. The first-order valence-corrected chi connectivity index (χ1v) is 10.6. The van der Waals surface area contributed by atoms with Crippen molar-refractivity contribution in [1.82, 2.24) is 0 Å². The number of carbonyl (C=O) groups is 2. The van der Waals surface area contributed by atoms with Crippen molar-refractivity contribution in [3.63, 3.8) is 0 Å². The van der Waals surface area contributed by atoms with Crippen LogP contribution >= 0.6 is 27.7 Å². The molecule has 0 aliphatic rings. The molecule has 0 radical (unpaired) electrons. The number of benzene rings is 3. The minimum absolute atomic E-state index is 0.0775. The molecule has 7 heteroatoms. The van der Waals surface area contributed by atoms with Crippen molar-refractivity contribution >= 4 is 56.7 Å². The van der Waals surface area contributed by atoms with Crippen molar-refractivity contribution in [2.75, 3.05) is 16.0 Å². The monoisotopic (exact) mass is 469 g/mol. The Bertz CT molecular complexity index is 981. The predicted octanol–water partition coefficient (Wildman–Crippen LogP) is 6.21. The first kappa shape index (κ1) is 21.0. The van der Waals surface area contributed by atoms with Crippen molar-refractivity contribution < 1.29 is 9.59 Å². The molecule has 0 saturated carbocycles. The maximum absolute atomic E-state index is 12.4. The van der Waals surface area contributed by atoms with E-state index >= 15 is 0 Å². The number of halogens is 1. The van der Waals surface area contributed by atoms with Crippen LogP contribution in [0.3, 0.4) is 0 Å². The van der Waals surface area contributed by atoms with Crippen LogP contribution in [0.15, 0.2) is 88.2 Å². The summed E-state index contributed by atoms with van der Waals surface area (Å²) in [7, 11) is 0. The topological polar surface area (TPSA) is 70.2 Å². The minimum Gasteiger partial charge on any atom is -0.324 e. The summed E-state index contributed by atoms with van der Waals surface area (Å²) < 4.78 is 0.842. The maximum atomic E-state index is 12.4. The summed E-state index contributed by atoms with van der Waals surface area (Å²) in [4.78, 5) is 25.4. The number of nitrogens with one attached hydrogen (secondary N) is 3. The van der Waals surface area contributed by atoms with Crippen LogP contribution in [-0.2, 0) is 4.79 Å². The van der Waals surface area contributed by atoms with Gasteiger partial charge >= 0.3 is 6.03 Å². The Morgan fingerprint density at radius 1 is 0.793 bits per heavy atom. The predicted molar refractivity (Wildman–Crippen MR) is 124 cm³/mol. The molecule has 0 aliphatic heterocycles. The summed E-state index contributed by atoms with van der Waals surface area (Å²) in [5.74, 6) is -0.0775. The molecule has 0 saturated heterocycles. The molecular weight excluding hydrogens is 450 g/mol. The summed E-state index contributed by atoms with van der Waals surface area (Å²) >= 11 is 4.88. The molecule has 148 valence electrons. The van der Waals surface area contributed by atoms with Gasteiger partial charge < -0.3 is 16.0 Å². The number of carbonyl (C=O) groups excluding carboxylic acids is 2. The highest BCUT2D eigenvalue weighted by molar-refractivity contribution is 9.10. The average molecular weight is 470 g/mol. The van der Waals surface area contributed by atoms with Crippen LogP contribution in [0.1, 0.15) is 6.92 Å². The van der Waals surface area contributed by atoms with Crippen LogP contribution in [0.2, 0.25) is 0 Å². The van der Waals surface area contributed by atoms with Crippen LogP contribution in [0.5, 0.6) is 0 Å². The van der Waals surface area contributed by atoms with E-state index in [1.165, 1.54) is 11.8 Å². The van der Waals surface area contributed by atoms with Crippen molar-refractivity contribution in [3.8, 4) is 0 Å². The summed E-state index contributed by atoms with van der Waals surface area (Å²) in [6.07, 6.45) is 0. The lowest BCUT2D eigenvalue weighted by Gasteiger charge is -2.13. The van der Waals surface area contributed by atoms with E-state index in [9.17, 15) is 9.59 Å². The summed E-state index contributed by atoms with van der Waals surface area (Å²) in [6.45, 7) is 1.86. The Labute approximate surface area is 182 Å². The van der Waals surface area contributed by atoms with E-state index in [0.29, 0.717) is 5.69 Å². The standard InChI is InChI=1S/C22H20BrN3O2S/c1-15(21(27)26-20-10-6-5-9-19(20)23)29-18-13-11-17(12-14-18)25-22(28)24-16-7-3-2-4-8-16/h2-15H,1H3,(H,26,27)(H2,24,25,28). The van der Waals surface area contributed by atoms with Crippen molar-refractivity contribution in [3.05, 3.63) is 83.3 Å². The van der Waals surface area contributed by atoms with Crippen LogP contribution in [0, 0.1) is 0 Å². The molecule has 3 aromatic rings. The molecular formula is C22H20BrN3O2S. The second-order valence-corrected chi connectivity index (χ2v) is 8.47. The third kappa shape index (κ3) is 6.37. The molecule has 1 atom stereocenters. The molecule has 5 nitrogen and oxygen atoms in total. The highest BCUT2D eigenvalue weighted by atomic mass is 79.9. The van der Waals surface area contributed by atoms with Crippen molar-refractivity contribution in [2.45, 2.75) is 17.1 Å². The Morgan fingerprint density at radius 3 is 2.03 bits per heavy atom. The quantitative estimate of drug-likeness (QED) is 0.375. The van der Waals surface area contributed by atoms with E-state index in [2.05, 4.69) is 31.9 Å². The second kappa shape index (κ2) is 10.1. The third-order valence-electron chi connectivity index (χ3n) is 3.96. The van der Waals surface area contributed by atoms with Crippen LogP contribution in [0.25, 0.3) is 0 Å². The number of para-hydroxylation sites is 2. The lowest BCUT2D eigenvalue weighted by molar-refractivity contribution is -0.115. The van der Waals surface area contributed by atoms with Gasteiger partial charge in [0.05, 0.1) is 10.9 Å². The van der Waals surface area contributed by atoms with E-state index in [1.54, 1.807) is 0 Å². The Hall–Kier alpha value is -2.77. The van der Waals surface area contributed by atoms with Crippen molar-refractivity contribution in [1.29, 1.82) is 0 Å². The van der Waals surface area contributed by atoms with Crippen LogP contribution in [0.4, 0.5) is 21.9 Å². The number of urea groups is 1. The summed E-state index contributed by atoms with van der Waals surface area (Å²) in [5, 5.41) is 8.20. The average Bonchev–Trinajstić information content (AvgIpc) is 2.72. The zero-order valence-corrected chi connectivity index (χ0v) is 18.1. The first-order chi connectivity index (χ1) is 14.0. The minimum atomic E-state index is -0.308. The first-order valence-electron chi connectivity index (χ1n) is 8.96. The number of hydrogen-bond acceptors (Lipinski definition) is 3. The number of thioether (sulfide) groups is 1. The Balaban J connectivity index is 1.52. The number of anilines is 3. The molecule has 0 aliphatic carbocycles. The molecule has 0 spiro atoms. The number of amides is 3. The highest BCUT2D eigenvalue weighted by Crippen LogP contribution is 2.27. The Kier molecular flexibility index (Phi) is 7.32. The third-order valence-corrected chi connectivity index (χ3v) is 5.76. The molecule has 0 aromatic heterocycles. The molecule has 3 amide bonds. The smallest absolute Gasteiger partial charge is 0.323 e. The zero-order chi connectivity index (χ0) is 20.6. The zero-order valence-electron chi connectivity index (χ0n) is 15.7. The van der Waals surface area contributed by atoms with E-state index in [-0.39, 0.29) is 17.2 Å². The van der Waals surface area contributed by atoms with Gasteiger partial charge in [-0.2, -0.15) is 0 Å². The Morgan fingerprint density at radius 2 is 1.38 bits per heavy atom. The SMILES string of the molecule is CC(Sc1ccc(NC(=O)Nc2ccccc2)cc1)C(=O)Nc1ccccc1Br. The number of hydrogen-bond donors (Lipinski definition) is 3. The summed E-state index contributed by atoms with van der Waals surface area (Å²) in [6, 6.07) is 23.8. The van der Waals surface area contributed by atoms with Gasteiger partial charge in [0.1, 0.15) is 0 Å². The second-order valence-electron chi connectivity index (χ2n) is 6.20. The molecule has 29 heavy (non-hydrogen) atoms. The van der Waals surface area contributed by atoms with E-state index in [1.807, 2.05) is 85.8 Å². The summed E-state index contributed by atoms with van der Waals surface area (Å²) in [5.41, 5.74) is 2.14. The van der Waals surface area contributed by atoms with Gasteiger partial charge in [0.15, 0.2) is 0 Å². The van der Waals surface area contributed by atoms with Crippen LogP contribution in [-0.4, -0.2) is 17.2 Å². The normalized spacial score (nSPS) is 11.4. The van der Waals surface area contributed by atoms with Gasteiger partial charge in [-0.15, -0.1) is 11.8 Å². The fourth-order valence-corrected chi connectivity index (χ4v) is 3.74. The molecule has 3 aromatic carbocycles. The van der Waals surface area contributed by atoms with Gasteiger partial charge in [-0.3, -0.25) is 4.79 Å². The van der Waals surface area contributed by atoms with Gasteiger partial charge in [-0.05, 0) is 71.4 Å². The van der Waals surface area contributed by atoms with E-state index < -0.39 is 0 Å². The van der Waals surface area contributed by atoms with E-state index in [0.717, 1.165) is 20.7 Å². The number of rotatable bonds is 6. The molecule has 3 rings (SSSR count). The van der Waals surface area contributed by atoms with Gasteiger partial charge in [0, 0.05) is 20.7 Å². The van der Waals surface area contributed by atoms with Gasteiger partial charge in [0.2, 0.25) is 5.91 Å². The molecule has 0 bridgehead atoms. The molecule has 0 heterocycles. The van der Waals surface area contributed by atoms with Crippen LogP contribution < -0.4 is 16.0 Å². The van der Waals surface area contributed by atoms with E-state index in [4.69, 9.17) is 0 Å². The highest BCUT2D eigenvalue weighted by Gasteiger charge is 2.15.